The topological polar surface area (TPSA) is 105 Å². The quantitative estimate of drug-likeness (QED) is 0.396. The number of sulfonamides is 1. The molecule has 3 aromatic carbocycles. The second-order valence-corrected chi connectivity index (χ2v) is 11.1. The maximum atomic E-state index is 13.9. The van der Waals surface area contributed by atoms with Crippen LogP contribution in [0, 0.1) is 0 Å². The van der Waals surface area contributed by atoms with Gasteiger partial charge in [0.15, 0.2) is 11.5 Å². The number of fused-ring (bicyclic) bond motifs is 1. The van der Waals surface area contributed by atoms with Gasteiger partial charge < -0.3 is 19.7 Å². The molecular weight excluding hydrogens is 542 g/mol. The number of carbonyl (C=O) groups is 2. The molecule has 0 saturated heterocycles. The highest BCUT2D eigenvalue weighted by Crippen LogP contribution is 2.36. The normalized spacial score (nSPS) is 13.3. The lowest BCUT2D eigenvalue weighted by molar-refractivity contribution is -0.140. The third-order valence-electron chi connectivity index (χ3n) is 6.32. The Labute approximate surface area is 233 Å². The summed E-state index contributed by atoms with van der Waals surface area (Å²) in [5, 5.41) is 3.14. The Hall–Kier alpha value is -3.76. The molecule has 0 spiro atoms. The SMILES string of the molecule is CC[C@H](C(=O)NC)N(Cc1ccc(Cl)cc1)C(=O)CN(c1ccc2c(c1)OCCO2)S(=O)(=O)c1ccccc1. The van der Waals surface area contributed by atoms with Gasteiger partial charge in [-0.3, -0.25) is 13.9 Å². The number of carbonyl (C=O) groups excluding carboxylic acids is 2. The van der Waals surface area contributed by atoms with Gasteiger partial charge in [-0.25, -0.2) is 8.42 Å². The number of nitrogens with zero attached hydrogens (tertiary/aromatic N) is 2. The van der Waals surface area contributed by atoms with Crippen molar-refractivity contribution in [2.75, 3.05) is 31.1 Å². The molecule has 206 valence electrons. The molecule has 1 aliphatic rings. The zero-order valence-electron chi connectivity index (χ0n) is 21.7. The van der Waals surface area contributed by atoms with Crippen LogP contribution in [0.15, 0.2) is 77.7 Å². The monoisotopic (exact) mass is 571 g/mol. The number of nitrogens with one attached hydrogen (secondary N) is 1. The van der Waals surface area contributed by atoms with Gasteiger partial charge in [0.1, 0.15) is 25.8 Å². The fraction of sp³-hybridized carbons (Fsp3) is 0.286. The Kier molecular flexibility index (Phi) is 8.98. The van der Waals surface area contributed by atoms with Gasteiger partial charge in [0.05, 0.1) is 10.6 Å². The lowest BCUT2D eigenvalue weighted by Crippen LogP contribution is -2.51. The molecule has 4 rings (SSSR count). The van der Waals surface area contributed by atoms with E-state index in [1.165, 1.54) is 24.1 Å². The van der Waals surface area contributed by atoms with E-state index in [1.54, 1.807) is 67.6 Å². The van der Waals surface area contributed by atoms with Crippen LogP contribution in [0.3, 0.4) is 0 Å². The minimum Gasteiger partial charge on any atom is -0.486 e. The summed E-state index contributed by atoms with van der Waals surface area (Å²) in [5.41, 5.74) is 0.975. The van der Waals surface area contributed by atoms with Crippen molar-refractivity contribution in [3.05, 3.63) is 83.4 Å². The Morgan fingerprint density at radius 2 is 1.64 bits per heavy atom. The first kappa shape index (κ1) is 28.3. The van der Waals surface area contributed by atoms with E-state index in [2.05, 4.69) is 5.32 Å². The van der Waals surface area contributed by atoms with E-state index < -0.39 is 28.5 Å². The summed E-state index contributed by atoms with van der Waals surface area (Å²) in [5.74, 6) is -0.0240. The summed E-state index contributed by atoms with van der Waals surface area (Å²) >= 11 is 6.03. The first-order valence-corrected chi connectivity index (χ1v) is 14.3. The van der Waals surface area contributed by atoms with E-state index >= 15 is 0 Å². The van der Waals surface area contributed by atoms with Crippen LogP contribution in [0.1, 0.15) is 18.9 Å². The van der Waals surface area contributed by atoms with Gasteiger partial charge in [0.2, 0.25) is 11.8 Å². The molecule has 0 bridgehead atoms. The fourth-order valence-electron chi connectivity index (χ4n) is 4.31. The highest BCUT2D eigenvalue weighted by molar-refractivity contribution is 7.92. The number of rotatable bonds is 10. The predicted molar refractivity (Wildman–Crippen MR) is 149 cm³/mol. The van der Waals surface area contributed by atoms with E-state index in [0.29, 0.717) is 36.2 Å². The van der Waals surface area contributed by atoms with Crippen LogP contribution in [0.25, 0.3) is 0 Å². The molecule has 1 heterocycles. The first-order chi connectivity index (χ1) is 18.7. The van der Waals surface area contributed by atoms with Gasteiger partial charge >= 0.3 is 0 Å². The maximum Gasteiger partial charge on any atom is 0.264 e. The zero-order chi connectivity index (χ0) is 28.0. The zero-order valence-corrected chi connectivity index (χ0v) is 23.2. The largest absolute Gasteiger partial charge is 0.486 e. The van der Waals surface area contributed by atoms with Crippen molar-refractivity contribution in [2.24, 2.45) is 0 Å². The number of ether oxygens (including phenoxy) is 2. The van der Waals surface area contributed by atoms with E-state index in [1.807, 2.05) is 0 Å². The smallest absolute Gasteiger partial charge is 0.264 e. The van der Waals surface area contributed by atoms with E-state index in [4.69, 9.17) is 21.1 Å². The summed E-state index contributed by atoms with van der Waals surface area (Å²) in [6.07, 6.45) is 0.328. The number of likely N-dealkylation sites (N-methyl/N-ethyl adjacent to an activating group) is 1. The van der Waals surface area contributed by atoms with Crippen molar-refractivity contribution in [3.8, 4) is 11.5 Å². The lowest BCUT2D eigenvalue weighted by Gasteiger charge is -2.33. The molecular formula is C28H30ClN3O6S. The van der Waals surface area contributed by atoms with Crippen molar-refractivity contribution in [3.63, 3.8) is 0 Å². The minimum absolute atomic E-state index is 0.0234. The number of halogens is 1. The molecule has 0 saturated carbocycles. The van der Waals surface area contributed by atoms with Crippen molar-refractivity contribution in [1.82, 2.24) is 10.2 Å². The minimum atomic E-state index is -4.17. The average molecular weight is 572 g/mol. The van der Waals surface area contributed by atoms with Crippen molar-refractivity contribution >= 4 is 39.1 Å². The molecule has 11 heteroatoms. The molecule has 0 aliphatic carbocycles. The average Bonchev–Trinajstić information content (AvgIpc) is 2.96. The molecule has 3 aromatic rings. The standard InChI is InChI=1S/C28H30ClN3O6S/c1-3-24(28(34)30-2)31(18-20-9-11-21(29)12-10-20)27(33)19-32(39(35,36)23-7-5-4-6-8-23)22-13-14-25-26(17-22)38-16-15-37-25/h4-14,17,24H,3,15-16,18-19H2,1-2H3,(H,30,34)/t24-/m1/s1. The van der Waals surface area contributed by atoms with Crippen LogP contribution in [-0.4, -0.2) is 58.0 Å². The molecule has 0 radical (unpaired) electrons. The summed E-state index contributed by atoms with van der Waals surface area (Å²) in [6, 6.07) is 18.7. The molecule has 0 aromatic heterocycles. The van der Waals surface area contributed by atoms with Gasteiger partial charge in [-0.05, 0) is 48.4 Å². The van der Waals surface area contributed by atoms with Gasteiger partial charge in [-0.2, -0.15) is 0 Å². The first-order valence-electron chi connectivity index (χ1n) is 12.5. The van der Waals surface area contributed by atoms with Crippen LogP contribution in [0.2, 0.25) is 5.02 Å². The number of anilines is 1. The molecule has 9 nitrogen and oxygen atoms in total. The molecule has 0 unspecified atom stereocenters. The van der Waals surface area contributed by atoms with Crippen LogP contribution in [0.4, 0.5) is 5.69 Å². The third kappa shape index (κ3) is 6.46. The molecule has 39 heavy (non-hydrogen) atoms. The molecule has 2 amide bonds. The maximum absolute atomic E-state index is 13.9. The Morgan fingerprint density at radius 3 is 2.28 bits per heavy atom. The van der Waals surface area contributed by atoms with Crippen LogP contribution < -0.4 is 19.1 Å². The van der Waals surface area contributed by atoms with E-state index in [-0.39, 0.29) is 23.0 Å². The van der Waals surface area contributed by atoms with E-state index in [0.717, 1.165) is 9.87 Å². The summed E-state index contributed by atoms with van der Waals surface area (Å²) in [7, 11) is -2.68. The van der Waals surface area contributed by atoms with Gasteiger partial charge in [0.25, 0.3) is 10.0 Å². The Morgan fingerprint density at radius 1 is 0.974 bits per heavy atom. The van der Waals surface area contributed by atoms with Crippen LogP contribution in [-0.2, 0) is 26.2 Å². The predicted octanol–water partition coefficient (Wildman–Crippen LogP) is 3.86. The third-order valence-corrected chi connectivity index (χ3v) is 8.36. The second-order valence-electron chi connectivity index (χ2n) is 8.84. The summed E-state index contributed by atoms with van der Waals surface area (Å²) < 4.78 is 40.0. The molecule has 0 fully saturated rings. The highest BCUT2D eigenvalue weighted by atomic mass is 35.5. The number of hydrogen-bond acceptors (Lipinski definition) is 6. The van der Waals surface area contributed by atoms with Crippen LogP contribution >= 0.6 is 11.6 Å². The van der Waals surface area contributed by atoms with Crippen molar-refractivity contribution in [1.29, 1.82) is 0 Å². The molecule has 1 atom stereocenters. The molecule has 1 N–H and O–H groups in total. The summed E-state index contributed by atoms with van der Waals surface area (Å²) in [4.78, 5) is 28.1. The van der Waals surface area contributed by atoms with Crippen LogP contribution in [0.5, 0.6) is 11.5 Å². The molecule has 1 aliphatic heterocycles. The lowest BCUT2D eigenvalue weighted by atomic mass is 10.1. The van der Waals surface area contributed by atoms with Gasteiger partial charge in [-0.1, -0.05) is 48.9 Å². The van der Waals surface area contributed by atoms with Crippen molar-refractivity contribution in [2.45, 2.75) is 30.8 Å². The summed E-state index contributed by atoms with van der Waals surface area (Å²) in [6.45, 7) is 2.04. The number of benzene rings is 3. The van der Waals surface area contributed by atoms with Crippen molar-refractivity contribution < 1.29 is 27.5 Å². The highest BCUT2D eigenvalue weighted by Gasteiger charge is 2.34. The Bertz CT molecular complexity index is 1420. The van der Waals surface area contributed by atoms with E-state index in [9.17, 15) is 18.0 Å². The Balaban J connectivity index is 1.75. The second kappa shape index (κ2) is 12.4. The fourth-order valence-corrected chi connectivity index (χ4v) is 5.86. The number of hydrogen-bond donors (Lipinski definition) is 1. The number of amides is 2. The van der Waals surface area contributed by atoms with Gasteiger partial charge in [0, 0.05) is 24.7 Å². The van der Waals surface area contributed by atoms with Gasteiger partial charge in [-0.15, -0.1) is 0 Å².